The van der Waals surface area contributed by atoms with Crippen LogP contribution in [0.25, 0.3) is 0 Å². The molecule has 0 radical (unpaired) electrons. The largest absolute Gasteiger partial charge is 0.469 e. The van der Waals surface area contributed by atoms with Gasteiger partial charge < -0.3 is 10.5 Å². The van der Waals surface area contributed by atoms with Crippen LogP contribution in [-0.4, -0.2) is 39.5 Å². The van der Waals surface area contributed by atoms with E-state index in [0.29, 0.717) is 19.4 Å². The summed E-state index contributed by atoms with van der Waals surface area (Å²) in [5, 5.41) is 0. The number of methoxy groups -OCH3 is 1. The van der Waals surface area contributed by atoms with Crippen molar-refractivity contribution in [2.75, 3.05) is 25.2 Å². The van der Waals surface area contributed by atoms with E-state index >= 15 is 0 Å². The van der Waals surface area contributed by atoms with E-state index in [4.69, 9.17) is 5.73 Å². The molecule has 0 saturated carbocycles. The molecule has 0 spiro atoms. The average molecular weight is 235 g/mol. The van der Waals surface area contributed by atoms with Gasteiger partial charge in [-0.15, -0.1) is 0 Å². The van der Waals surface area contributed by atoms with Gasteiger partial charge in [-0.1, -0.05) is 0 Å². The number of ether oxygens (including phenoxy) is 1. The van der Waals surface area contributed by atoms with Gasteiger partial charge in [0.15, 0.2) is 0 Å². The fraction of sp³-hybridized carbons (Fsp3) is 0.889. The minimum absolute atomic E-state index is 0.126. The van der Waals surface area contributed by atoms with Crippen molar-refractivity contribution in [3.8, 4) is 0 Å². The molecule has 1 heterocycles. The van der Waals surface area contributed by atoms with E-state index in [1.807, 2.05) is 0 Å². The van der Waals surface area contributed by atoms with Gasteiger partial charge in [0.25, 0.3) is 0 Å². The lowest BCUT2D eigenvalue weighted by Crippen LogP contribution is -2.41. The summed E-state index contributed by atoms with van der Waals surface area (Å²) in [6.07, 6.45) is 1.14. The third-order valence-electron chi connectivity index (χ3n) is 3.07. The summed E-state index contributed by atoms with van der Waals surface area (Å²) in [4.78, 5) is 11.2. The number of hydrogen-bond acceptors (Lipinski definition) is 5. The maximum Gasteiger partial charge on any atom is 0.306 e. The predicted octanol–water partition coefficient (Wildman–Crippen LogP) is -0.297. The molecule has 1 aliphatic rings. The van der Waals surface area contributed by atoms with Gasteiger partial charge in [0.05, 0.1) is 25.0 Å². The van der Waals surface area contributed by atoms with Gasteiger partial charge in [-0.3, -0.25) is 4.79 Å². The first-order chi connectivity index (χ1) is 6.93. The van der Waals surface area contributed by atoms with Crippen LogP contribution >= 0.6 is 0 Å². The second-order valence-electron chi connectivity index (χ2n) is 4.11. The number of nitrogens with two attached hydrogens (primary N) is 1. The predicted molar refractivity (Wildman–Crippen MR) is 56.0 cm³/mol. The lowest BCUT2D eigenvalue weighted by molar-refractivity contribution is -0.143. The van der Waals surface area contributed by atoms with Crippen LogP contribution in [-0.2, 0) is 19.4 Å². The fourth-order valence-corrected chi connectivity index (χ4v) is 3.49. The third-order valence-corrected chi connectivity index (χ3v) is 4.72. The molecule has 15 heavy (non-hydrogen) atoms. The highest BCUT2D eigenvalue weighted by Gasteiger charge is 2.38. The molecule has 5 nitrogen and oxygen atoms in total. The van der Waals surface area contributed by atoms with Crippen LogP contribution < -0.4 is 5.73 Å². The van der Waals surface area contributed by atoms with Crippen molar-refractivity contribution >= 4 is 15.8 Å². The van der Waals surface area contributed by atoms with Gasteiger partial charge in [-0.2, -0.15) is 0 Å². The van der Waals surface area contributed by atoms with E-state index in [2.05, 4.69) is 4.74 Å². The van der Waals surface area contributed by atoms with E-state index in [-0.39, 0.29) is 29.3 Å². The molecule has 0 bridgehead atoms. The van der Waals surface area contributed by atoms with Crippen LogP contribution in [0.4, 0.5) is 0 Å². The van der Waals surface area contributed by atoms with E-state index in [1.165, 1.54) is 7.11 Å². The van der Waals surface area contributed by atoms with Crippen LogP contribution in [0.5, 0.6) is 0 Å². The molecule has 0 atom stereocenters. The number of sulfone groups is 1. The number of esters is 1. The first-order valence-corrected chi connectivity index (χ1v) is 6.72. The Hall–Kier alpha value is -0.620. The number of hydrogen-bond donors (Lipinski definition) is 1. The highest BCUT2D eigenvalue weighted by atomic mass is 32.2. The van der Waals surface area contributed by atoms with Gasteiger partial charge in [0.1, 0.15) is 9.84 Å². The van der Waals surface area contributed by atoms with E-state index in [1.54, 1.807) is 0 Å². The van der Waals surface area contributed by atoms with Crippen molar-refractivity contribution in [2.45, 2.75) is 19.3 Å². The zero-order valence-electron chi connectivity index (χ0n) is 8.86. The summed E-state index contributed by atoms with van der Waals surface area (Å²) in [6, 6.07) is 0. The minimum Gasteiger partial charge on any atom is -0.469 e. The summed E-state index contributed by atoms with van der Waals surface area (Å²) in [6.45, 7) is 0.331. The van der Waals surface area contributed by atoms with Crippen molar-refractivity contribution in [1.82, 2.24) is 0 Å². The lowest BCUT2D eigenvalue weighted by Gasteiger charge is -2.34. The van der Waals surface area contributed by atoms with Crippen molar-refractivity contribution in [3.63, 3.8) is 0 Å². The molecule has 2 N–H and O–H groups in total. The Kier molecular flexibility index (Phi) is 3.72. The second kappa shape index (κ2) is 4.49. The SMILES string of the molecule is COC(=O)CC1(CN)CCS(=O)(=O)CC1. The monoisotopic (exact) mass is 235 g/mol. The molecule has 1 rings (SSSR count). The maximum absolute atomic E-state index is 11.3. The number of carbonyl (C=O) groups is 1. The molecule has 1 aliphatic heterocycles. The molecule has 1 fully saturated rings. The molecule has 0 aliphatic carbocycles. The van der Waals surface area contributed by atoms with Gasteiger partial charge in [-0.05, 0) is 24.8 Å². The zero-order valence-corrected chi connectivity index (χ0v) is 9.68. The van der Waals surface area contributed by atoms with Crippen LogP contribution in [0.3, 0.4) is 0 Å². The Morgan fingerprint density at radius 1 is 1.40 bits per heavy atom. The standard InChI is InChI=1S/C9H17NO4S/c1-14-8(11)6-9(7-10)2-4-15(12,13)5-3-9/h2-7,10H2,1H3. The second-order valence-corrected chi connectivity index (χ2v) is 6.41. The summed E-state index contributed by atoms with van der Waals surface area (Å²) >= 11 is 0. The average Bonchev–Trinajstić information content (AvgIpc) is 2.22. The molecule has 0 aromatic carbocycles. The minimum atomic E-state index is -2.91. The fourth-order valence-electron chi connectivity index (χ4n) is 1.80. The molecule has 0 aromatic rings. The van der Waals surface area contributed by atoms with Crippen molar-refractivity contribution in [2.24, 2.45) is 11.1 Å². The summed E-state index contributed by atoms with van der Waals surface area (Å²) < 4.78 is 27.1. The first kappa shape index (κ1) is 12.4. The van der Waals surface area contributed by atoms with Crippen LogP contribution in [0.15, 0.2) is 0 Å². The molecule has 0 aromatic heterocycles. The molecule has 0 amide bonds. The topological polar surface area (TPSA) is 86.5 Å². The normalized spacial score (nSPS) is 23.3. The van der Waals surface area contributed by atoms with E-state index in [0.717, 1.165) is 0 Å². The van der Waals surface area contributed by atoms with Crippen LogP contribution in [0.2, 0.25) is 0 Å². The molecule has 1 saturated heterocycles. The summed E-state index contributed by atoms with van der Waals surface area (Å²) in [5.74, 6) is -0.0673. The third kappa shape index (κ3) is 3.17. The number of rotatable bonds is 3. The zero-order chi connectivity index (χ0) is 11.5. The first-order valence-electron chi connectivity index (χ1n) is 4.90. The quantitative estimate of drug-likeness (QED) is 0.679. The van der Waals surface area contributed by atoms with E-state index < -0.39 is 9.84 Å². The number of carbonyl (C=O) groups excluding carboxylic acids is 1. The van der Waals surface area contributed by atoms with Crippen LogP contribution in [0.1, 0.15) is 19.3 Å². The van der Waals surface area contributed by atoms with Gasteiger partial charge in [-0.25, -0.2) is 8.42 Å². The van der Waals surface area contributed by atoms with E-state index in [9.17, 15) is 13.2 Å². The molecule has 88 valence electrons. The van der Waals surface area contributed by atoms with Crippen molar-refractivity contribution in [3.05, 3.63) is 0 Å². The Bertz CT molecular complexity index is 322. The molecule has 6 heteroatoms. The van der Waals surface area contributed by atoms with Crippen molar-refractivity contribution in [1.29, 1.82) is 0 Å². The Morgan fingerprint density at radius 3 is 2.33 bits per heavy atom. The van der Waals surface area contributed by atoms with Gasteiger partial charge >= 0.3 is 5.97 Å². The molecular weight excluding hydrogens is 218 g/mol. The Labute approximate surface area is 89.9 Å². The van der Waals surface area contributed by atoms with Crippen molar-refractivity contribution < 1.29 is 17.9 Å². The summed E-state index contributed by atoms with van der Waals surface area (Å²) in [5.41, 5.74) is 5.25. The highest BCUT2D eigenvalue weighted by Crippen LogP contribution is 2.35. The summed E-state index contributed by atoms with van der Waals surface area (Å²) in [7, 11) is -1.59. The Balaban J connectivity index is 2.68. The van der Waals surface area contributed by atoms with Crippen LogP contribution in [0, 0.1) is 5.41 Å². The molecular formula is C9H17NO4S. The van der Waals surface area contributed by atoms with Gasteiger partial charge in [0.2, 0.25) is 0 Å². The highest BCUT2D eigenvalue weighted by molar-refractivity contribution is 7.91. The van der Waals surface area contributed by atoms with Gasteiger partial charge in [0, 0.05) is 0 Å². The Morgan fingerprint density at radius 2 is 1.93 bits per heavy atom. The lowest BCUT2D eigenvalue weighted by atomic mass is 9.79. The smallest absolute Gasteiger partial charge is 0.306 e. The molecule has 0 unspecified atom stereocenters. The maximum atomic E-state index is 11.3.